The Morgan fingerprint density at radius 1 is 1.19 bits per heavy atom. The highest BCUT2D eigenvalue weighted by Gasteiger charge is 2.66. The Hall–Kier alpha value is -1.04. The van der Waals surface area contributed by atoms with Crippen molar-refractivity contribution in [1.29, 1.82) is 0 Å². The van der Waals surface area contributed by atoms with Crippen LogP contribution in [0.2, 0.25) is 0 Å². The summed E-state index contributed by atoms with van der Waals surface area (Å²) in [6.07, 6.45) is 5.74. The molecule has 1 unspecified atom stereocenters. The molecule has 5 nitrogen and oxygen atoms in total. The summed E-state index contributed by atoms with van der Waals surface area (Å²) in [5, 5.41) is 31.4. The summed E-state index contributed by atoms with van der Waals surface area (Å²) in [5.74, 6) is 0.411. The maximum atomic E-state index is 12.4. The van der Waals surface area contributed by atoms with Crippen LogP contribution in [-0.4, -0.2) is 45.2 Å². The van der Waals surface area contributed by atoms with Gasteiger partial charge in [-0.15, -0.1) is 0 Å². The van der Waals surface area contributed by atoms with E-state index in [0.717, 1.165) is 31.3 Å². The highest BCUT2D eigenvalue weighted by molar-refractivity contribution is 5.92. The molecule has 4 aliphatic rings. The van der Waals surface area contributed by atoms with Gasteiger partial charge in [-0.3, -0.25) is 9.59 Å². The number of carbonyl (C=O) groups excluding carboxylic acids is 2. The quantitative estimate of drug-likeness (QED) is 0.696. The minimum absolute atomic E-state index is 0.111. The predicted octanol–water partition coefficient (Wildman–Crippen LogP) is 1.78. The Labute approximate surface area is 154 Å². The van der Waals surface area contributed by atoms with Gasteiger partial charge in [0.2, 0.25) is 0 Å². The third-order valence-corrected chi connectivity index (χ3v) is 8.73. The van der Waals surface area contributed by atoms with Gasteiger partial charge < -0.3 is 15.3 Å². The lowest BCUT2D eigenvalue weighted by molar-refractivity contribution is -0.166. The molecular formula is C21H30O5. The zero-order valence-electron chi connectivity index (χ0n) is 15.7. The van der Waals surface area contributed by atoms with Gasteiger partial charge >= 0.3 is 0 Å². The van der Waals surface area contributed by atoms with Gasteiger partial charge in [0.05, 0.1) is 6.10 Å². The number of ketones is 2. The molecule has 0 heterocycles. The molecule has 0 aromatic heterocycles. The zero-order chi connectivity index (χ0) is 18.9. The van der Waals surface area contributed by atoms with Crippen molar-refractivity contribution >= 4 is 11.6 Å². The van der Waals surface area contributed by atoms with E-state index in [1.807, 2.05) is 6.92 Å². The number of hydrogen-bond donors (Lipinski definition) is 3. The van der Waals surface area contributed by atoms with Crippen LogP contribution in [0.15, 0.2) is 11.6 Å². The van der Waals surface area contributed by atoms with Gasteiger partial charge in [0, 0.05) is 11.8 Å². The molecule has 7 atom stereocenters. The molecule has 5 heteroatoms. The van der Waals surface area contributed by atoms with Crippen molar-refractivity contribution in [3.05, 3.63) is 11.6 Å². The average molecular weight is 362 g/mol. The normalized spacial score (nSPS) is 50.5. The molecule has 0 aromatic carbocycles. The van der Waals surface area contributed by atoms with E-state index >= 15 is 0 Å². The van der Waals surface area contributed by atoms with Crippen LogP contribution in [0.5, 0.6) is 0 Å². The number of Topliss-reactive ketones (excluding diaryl/α,β-unsaturated/α-hetero) is 1. The van der Waals surface area contributed by atoms with Crippen molar-refractivity contribution in [2.45, 2.75) is 70.5 Å². The largest absolute Gasteiger partial charge is 0.389 e. The molecule has 0 saturated heterocycles. The van der Waals surface area contributed by atoms with Crippen LogP contribution >= 0.6 is 0 Å². The molecule has 0 radical (unpaired) electrons. The molecule has 3 saturated carbocycles. The minimum Gasteiger partial charge on any atom is -0.389 e. The van der Waals surface area contributed by atoms with Crippen molar-refractivity contribution in [2.75, 3.05) is 6.61 Å². The van der Waals surface area contributed by atoms with Gasteiger partial charge in [-0.05, 0) is 73.3 Å². The maximum absolute atomic E-state index is 12.4. The SMILES string of the molecule is C[C@]12CCC(=O)C=C1C(O)C[C@H]1[C@@H]2CC[C@@]2(C)[C@H]1CC[C@]2(O)C(=O)CO. The fourth-order valence-electron chi connectivity index (χ4n) is 7.21. The van der Waals surface area contributed by atoms with Crippen LogP contribution in [0.4, 0.5) is 0 Å². The Morgan fingerprint density at radius 3 is 2.58 bits per heavy atom. The molecular weight excluding hydrogens is 332 g/mol. The van der Waals surface area contributed by atoms with E-state index in [0.29, 0.717) is 25.2 Å². The third kappa shape index (κ3) is 2.14. The molecule has 0 bridgehead atoms. The van der Waals surface area contributed by atoms with Gasteiger partial charge in [-0.1, -0.05) is 13.8 Å². The van der Waals surface area contributed by atoms with Crippen LogP contribution in [-0.2, 0) is 9.59 Å². The van der Waals surface area contributed by atoms with Crippen LogP contribution in [0.3, 0.4) is 0 Å². The minimum atomic E-state index is -1.46. The summed E-state index contributed by atoms with van der Waals surface area (Å²) in [5.41, 5.74) is -1.27. The first-order valence-corrected chi connectivity index (χ1v) is 9.97. The molecule has 3 N–H and O–H groups in total. The first-order chi connectivity index (χ1) is 12.2. The highest BCUT2D eigenvalue weighted by Crippen LogP contribution is 2.67. The second-order valence-electron chi connectivity index (χ2n) is 9.55. The zero-order valence-corrected chi connectivity index (χ0v) is 15.7. The van der Waals surface area contributed by atoms with Crippen molar-refractivity contribution in [1.82, 2.24) is 0 Å². The number of aliphatic hydroxyl groups is 3. The molecule has 0 amide bonds. The first kappa shape index (κ1) is 18.3. The molecule has 3 fully saturated rings. The fourth-order valence-corrected chi connectivity index (χ4v) is 7.21. The second-order valence-corrected chi connectivity index (χ2v) is 9.55. The van der Waals surface area contributed by atoms with Crippen molar-refractivity contribution < 1.29 is 24.9 Å². The smallest absolute Gasteiger partial charge is 0.190 e. The van der Waals surface area contributed by atoms with Gasteiger partial charge in [0.25, 0.3) is 0 Å². The topological polar surface area (TPSA) is 94.8 Å². The maximum Gasteiger partial charge on any atom is 0.190 e. The van der Waals surface area contributed by atoms with Crippen molar-refractivity contribution in [3.8, 4) is 0 Å². The number of rotatable bonds is 2. The van der Waals surface area contributed by atoms with E-state index in [9.17, 15) is 24.9 Å². The van der Waals surface area contributed by atoms with E-state index < -0.39 is 29.5 Å². The Morgan fingerprint density at radius 2 is 1.88 bits per heavy atom. The van der Waals surface area contributed by atoms with Crippen LogP contribution < -0.4 is 0 Å². The average Bonchev–Trinajstić information content (AvgIpc) is 2.88. The lowest BCUT2D eigenvalue weighted by atomic mass is 9.45. The Kier molecular flexibility index (Phi) is 4.04. The lowest BCUT2D eigenvalue weighted by Gasteiger charge is -2.59. The van der Waals surface area contributed by atoms with Crippen LogP contribution in [0.25, 0.3) is 0 Å². The van der Waals surface area contributed by atoms with Crippen molar-refractivity contribution in [2.24, 2.45) is 28.6 Å². The number of fused-ring (bicyclic) bond motifs is 5. The Balaban J connectivity index is 1.72. The summed E-state index contributed by atoms with van der Waals surface area (Å²) in [6.45, 7) is 3.56. The fraction of sp³-hybridized carbons (Fsp3) is 0.810. The summed E-state index contributed by atoms with van der Waals surface area (Å²) < 4.78 is 0. The number of carbonyl (C=O) groups is 2. The Bertz CT molecular complexity index is 684. The van der Waals surface area contributed by atoms with Crippen molar-refractivity contribution in [3.63, 3.8) is 0 Å². The summed E-state index contributed by atoms with van der Waals surface area (Å²) in [6, 6.07) is 0. The molecule has 4 rings (SSSR count). The first-order valence-electron chi connectivity index (χ1n) is 9.97. The summed E-state index contributed by atoms with van der Waals surface area (Å²) in [4.78, 5) is 24.3. The second kappa shape index (κ2) is 5.73. The van der Waals surface area contributed by atoms with E-state index in [1.54, 1.807) is 6.08 Å². The van der Waals surface area contributed by atoms with Gasteiger partial charge in [0.1, 0.15) is 12.2 Å². The van der Waals surface area contributed by atoms with E-state index in [4.69, 9.17) is 0 Å². The number of hydrogen-bond acceptors (Lipinski definition) is 5. The molecule has 0 spiro atoms. The molecule has 26 heavy (non-hydrogen) atoms. The van der Waals surface area contributed by atoms with E-state index in [1.165, 1.54) is 0 Å². The lowest BCUT2D eigenvalue weighted by Crippen LogP contribution is -2.59. The number of aliphatic hydroxyl groups excluding tert-OH is 2. The van der Waals surface area contributed by atoms with Gasteiger partial charge in [0.15, 0.2) is 11.6 Å². The molecule has 0 aliphatic heterocycles. The monoisotopic (exact) mass is 362 g/mol. The third-order valence-electron chi connectivity index (χ3n) is 8.73. The van der Waals surface area contributed by atoms with E-state index in [2.05, 4.69) is 6.92 Å². The standard InChI is InChI=1S/C21H30O5/c1-19-6-3-12(23)9-16(19)17(24)10-13-14(19)4-7-20(2)15(13)5-8-21(20,26)18(25)11-22/h9,13-15,17,22,24,26H,3-8,10-11H2,1-2H3/t13-,14-,15-,17?,19+,20-,21-/m0/s1. The summed E-state index contributed by atoms with van der Waals surface area (Å²) >= 11 is 0. The van der Waals surface area contributed by atoms with Gasteiger partial charge in [-0.25, -0.2) is 0 Å². The highest BCUT2D eigenvalue weighted by atomic mass is 16.3. The predicted molar refractivity (Wildman–Crippen MR) is 95.1 cm³/mol. The molecule has 4 aliphatic carbocycles. The van der Waals surface area contributed by atoms with Gasteiger partial charge in [-0.2, -0.15) is 0 Å². The molecule has 0 aromatic rings. The van der Waals surface area contributed by atoms with Crippen LogP contribution in [0.1, 0.15) is 58.8 Å². The van der Waals surface area contributed by atoms with E-state index in [-0.39, 0.29) is 23.0 Å². The summed E-state index contributed by atoms with van der Waals surface area (Å²) in [7, 11) is 0. The molecule has 144 valence electrons. The van der Waals surface area contributed by atoms with Crippen LogP contribution in [0, 0.1) is 28.6 Å².